The van der Waals surface area contributed by atoms with E-state index in [0.717, 1.165) is 28.0 Å². The first-order valence-corrected chi connectivity index (χ1v) is 11.4. The number of rotatable bonds is 6. The second kappa shape index (κ2) is 9.43. The van der Waals surface area contributed by atoms with Gasteiger partial charge in [0.1, 0.15) is 10.6 Å². The van der Waals surface area contributed by atoms with E-state index in [1.807, 2.05) is 35.2 Å². The summed E-state index contributed by atoms with van der Waals surface area (Å²) < 4.78 is 5.13. The average molecular weight is 439 g/mol. The molecule has 8 heteroatoms. The number of anilines is 1. The fourth-order valence-electron chi connectivity index (χ4n) is 3.71. The molecular formula is C23H26N4O3S. The quantitative estimate of drug-likeness (QED) is 0.550. The highest BCUT2D eigenvalue weighted by atomic mass is 32.1. The Morgan fingerprint density at radius 1 is 1.06 bits per heavy atom. The largest absolute Gasteiger partial charge is 0.460 e. The molecule has 4 rings (SSSR count). The van der Waals surface area contributed by atoms with E-state index >= 15 is 0 Å². The maximum Gasteiger partial charge on any atom is 0.376 e. The van der Waals surface area contributed by atoms with Gasteiger partial charge in [-0.25, -0.2) is 14.8 Å². The SMILES string of the molecule is CCOC(=O)c1nc(N2CCN(C(=O)Cc3ccccc3)CC2)c2cc(CC)sc2n1. The Labute approximate surface area is 185 Å². The van der Waals surface area contributed by atoms with Gasteiger partial charge in [-0.05, 0) is 25.0 Å². The number of piperazine rings is 1. The molecule has 7 nitrogen and oxygen atoms in total. The van der Waals surface area contributed by atoms with Crippen molar-refractivity contribution in [3.8, 4) is 0 Å². The lowest BCUT2D eigenvalue weighted by molar-refractivity contribution is -0.130. The highest BCUT2D eigenvalue weighted by Crippen LogP contribution is 2.32. The molecule has 0 spiro atoms. The number of benzene rings is 1. The van der Waals surface area contributed by atoms with Crippen LogP contribution < -0.4 is 4.90 Å². The van der Waals surface area contributed by atoms with Gasteiger partial charge in [0.05, 0.1) is 18.4 Å². The Bertz CT molecular complexity index is 1080. The topological polar surface area (TPSA) is 75.6 Å². The summed E-state index contributed by atoms with van der Waals surface area (Å²) in [5.74, 6) is 0.471. The number of aromatic nitrogens is 2. The predicted molar refractivity (Wildman–Crippen MR) is 122 cm³/mol. The number of carbonyl (C=O) groups excluding carboxylic acids is 2. The standard InChI is InChI=1S/C23H26N4O3S/c1-3-17-15-18-21(24-20(23(29)30-4-2)25-22(18)31-17)27-12-10-26(11-13-27)19(28)14-16-8-6-5-7-9-16/h5-9,15H,3-4,10-14H2,1-2H3. The number of esters is 1. The number of nitrogens with zero attached hydrogens (tertiary/aromatic N) is 4. The van der Waals surface area contributed by atoms with Gasteiger partial charge in [-0.2, -0.15) is 0 Å². The Kier molecular flexibility index (Phi) is 6.46. The molecule has 3 aromatic rings. The molecule has 0 unspecified atom stereocenters. The van der Waals surface area contributed by atoms with Crippen molar-refractivity contribution in [3.63, 3.8) is 0 Å². The van der Waals surface area contributed by atoms with Crippen LogP contribution in [-0.4, -0.2) is 59.5 Å². The van der Waals surface area contributed by atoms with Crippen molar-refractivity contribution in [1.82, 2.24) is 14.9 Å². The number of aryl methyl sites for hydroxylation is 1. The number of hydrogen-bond donors (Lipinski definition) is 0. The van der Waals surface area contributed by atoms with E-state index in [-0.39, 0.29) is 18.3 Å². The van der Waals surface area contributed by atoms with Crippen LogP contribution in [-0.2, 0) is 22.4 Å². The number of fused-ring (bicyclic) bond motifs is 1. The van der Waals surface area contributed by atoms with E-state index in [0.29, 0.717) is 32.6 Å². The lowest BCUT2D eigenvalue weighted by Gasteiger charge is -2.35. The van der Waals surface area contributed by atoms with Crippen LogP contribution in [0.5, 0.6) is 0 Å². The normalized spacial score (nSPS) is 14.1. The summed E-state index contributed by atoms with van der Waals surface area (Å²) >= 11 is 1.58. The second-order valence-electron chi connectivity index (χ2n) is 7.41. The van der Waals surface area contributed by atoms with Crippen LogP contribution in [0.4, 0.5) is 5.82 Å². The van der Waals surface area contributed by atoms with Crippen LogP contribution in [0.2, 0.25) is 0 Å². The third kappa shape index (κ3) is 4.69. The molecule has 0 saturated carbocycles. The summed E-state index contributed by atoms with van der Waals surface area (Å²) in [5.41, 5.74) is 1.02. The molecule has 31 heavy (non-hydrogen) atoms. The van der Waals surface area contributed by atoms with E-state index in [9.17, 15) is 9.59 Å². The highest BCUT2D eigenvalue weighted by molar-refractivity contribution is 7.18. The number of hydrogen-bond acceptors (Lipinski definition) is 7. The van der Waals surface area contributed by atoms with E-state index in [1.54, 1.807) is 18.3 Å². The fourth-order valence-corrected chi connectivity index (χ4v) is 4.67. The van der Waals surface area contributed by atoms with Crippen molar-refractivity contribution in [3.05, 3.63) is 52.7 Å². The molecule has 3 heterocycles. The van der Waals surface area contributed by atoms with Gasteiger partial charge < -0.3 is 14.5 Å². The van der Waals surface area contributed by atoms with Crippen molar-refractivity contribution < 1.29 is 14.3 Å². The Morgan fingerprint density at radius 2 is 1.81 bits per heavy atom. The summed E-state index contributed by atoms with van der Waals surface area (Å²) in [7, 11) is 0. The van der Waals surface area contributed by atoms with E-state index in [1.165, 1.54) is 4.88 Å². The zero-order valence-electron chi connectivity index (χ0n) is 17.8. The summed E-state index contributed by atoms with van der Waals surface area (Å²) in [4.78, 5) is 40.1. The van der Waals surface area contributed by atoms with Crippen LogP contribution in [0.1, 0.15) is 34.9 Å². The lowest BCUT2D eigenvalue weighted by Crippen LogP contribution is -2.49. The molecule has 0 atom stereocenters. The van der Waals surface area contributed by atoms with E-state index in [4.69, 9.17) is 4.74 Å². The number of ether oxygens (including phenoxy) is 1. The Morgan fingerprint density at radius 3 is 2.48 bits per heavy atom. The Hall–Kier alpha value is -3.00. The molecule has 0 radical (unpaired) electrons. The van der Waals surface area contributed by atoms with Gasteiger partial charge in [-0.3, -0.25) is 4.79 Å². The smallest absolute Gasteiger partial charge is 0.376 e. The third-order valence-electron chi connectivity index (χ3n) is 5.36. The van der Waals surface area contributed by atoms with E-state index in [2.05, 4.69) is 27.9 Å². The maximum absolute atomic E-state index is 12.7. The fraction of sp³-hybridized carbons (Fsp3) is 0.391. The molecule has 1 amide bonds. The molecule has 0 bridgehead atoms. The van der Waals surface area contributed by atoms with Gasteiger partial charge in [-0.1, -0.05) is 37.3 Å². The maximum atomic E-state index is 12.7. The van der Waals surface area contributed by atoms with Gasteiger partial charge in [0.25, 0.3) is 0 Å². The first-order chi connectivity index (χ1) is 15.1. The predicted octanol–water partition coefficient (Wildman–Crippen LogP) is 3.32. The van der Waals surface area contributed by atoms with Gasteiger partial charge in [0, 0.05) is 31.1 Å². The van der Waals surface area contributed by atoms with Gasteiger partial charge in [0.2, 0.25) is 11.7 Å². The summed E-state index contributed by atoms with van der Waals surface area (Å²) in [6.07, 6.45) is 1.31. The lowest BCUT2D eigenvalue weighted by atomic mass is 10.1. The van der Waals surface area contributed by atoms with Crippen LogP contribution in [0, 0.1) is 0 Å². The molecule has 1 aliphatic rings. The van der Waals surface area contributed by atoms with Crippen molar-refractivity contribution in [2.24, 2.45) is 0 Å². The molecule has 1 aliphatic heterocycles. The number of thiophene rings is 1. The van der Waals surface area contributed by atoms with Crippen LogP contribution >= 0.6 is 11.3 Å². The first-order valence-electron chi connectivity index (χ1n) is 10.6. The van der Waals surface area contributed by atoms with Gasteiger partial charge in [0.15, 0.2) is 0 Å². The van der Waals surface area contributed by atoms with Crippen molar-refractivity contribution in [2.45, 2.75) is 26.7 Å². The van der Waals surface area contributed by atoms with Crippen LogP contribution in [0.25, 0.3) is 10.2 Å². The molecule has 2 aromatic heterocycles. The van der Waals surface area contributed by atoms with Crippen molar-refractivity contribution >= 4 is 39.2 Å². The monoisotopic (exact) mass is 438 g/mol. The van der Waals surface area contributed by atoms with Crippen molar-refractivity contribution in [1.29, 1.82) is 0 Å². The Balaban J connectivity index is 1.53. The summed E-state index contributed by atoms with van der Waals surface area (Å²) in [6, 6.07) is 11.9. The van der Waals surface area contributed by atoms with Gasteiger partial charge in [-0.15, -0.1) is 11.3 Å². The molecule has 1 aromatic carbocycles. The second-order valence-corrected chi connectivity index (χ2v) is 8.52. The number of amides is 1. The zero-order chi connectivity index (χ0) is 21.8. The van der Waals surface area contributed by atoms with Crippen LogP contribution in [0.3, 0.4) is 0 Å². The molecule has 0 N–H and O–H groups in total. The molecule has 0 aliphatic carbocycles. The van der Waals surface area contributed by atoms with Crippen LogP contribution in [0.15, 0.2) is 36.4 Å². The van der Waals surface area contributed by atoms with Crippen molar-refractivity contribution in [2.75, 3.05) is 37.7 Å². The summed E-state index contributed by atoms with van der Waals surface area (Å²) in [6.45, 7) is 6.71. The molecule has 162 valence electrons. The number of carbonyl (C=O) groups is 2. The summed E-state index contributed by atoms with van der Waals surface area (Å²) in [5, 5.41) is 0.957. The minimum atomic E-state index is -0.506. The third-order valence-corrected chi connectivity index (χ3v) is 6.53. The minimum absolute atomic E-state index is 0.0939. The molecule has 1 fully saturated rings. The zero-order valence-corrected chi connectivity index (χ0v) is 18.7. The highest BCUT2D eigenvalue weighted by Gasteiger charge is 2.26. The molecule has 1 saturated heterocycles. The first kappa shape index (κ1) is 21.2. The minimum Gasteiger partial charge on any atom is -0.460 e. The average Bonchev–Trinajstić information content (AvgIpc) is 3.23. The van der Waals surface area contributed by atoms with E-state index < -0.39 is 5.97 Å². The van der Waals surface area contributed by atoms with Gasteiger partial charge >= 0.3 is 5.97 Å². The molecular weight excluding hydrogens is 412 g/mol.